The Morgan fingerprint density at radius 1 is 1.33 bits per heavy atom. The quantitative estimate of drug-likeness (QED) is 0.656. The molecule has 0 aliphatic heterocycles. The van der Waals surface area contributed by atoms with E-state index in [0.29, 0.717) is 0 Å². The Balaban J connectivity index is 2.38. The largest absolute Gasteiger partial charge is 0.329 e. The summed E-state index contributed by atoms with van der Waals surface area (Å²) in [5.41, 5.74) is 5.60. The van der Waals surface area contributed by atoms with Crippen molar-refractivity contribution >= 4 is 0 Å². The Hall–Kier alpha value is -0.0800. The zero-order valence-corrected chi connectivity index (χ0v) is 8.42. The molecule has 1 fully saturated rings. The van der Waals surface area contributed by atoms with E-state index in [2.05, 4.69) is 18.7 Å². The van der Waals surface area contributed by atoms with Gasteiger partial charge in [0, 0.05) is 25.2 Å². The Labute approximate surface area is 76.1 Å². The molecule has 2 nitrogen and oxygen atoms in total. The summed E-state index contributed by atoms with van der Waals surface area (Å²) < 4.78 is 0. The number of hydrogen-bond acceptors (Lipinski definition) is 2. The van der Waals surface area contributed by atoms with Crippen LogP contribution >= 0.6 is 0 Å². The molecule has 0 aromatic rings. The molecule has 2 N–H and O–H groups in total. The van der Waals surface area contributed by atoms with E-state index in [4.69, 9.17) is 5.73 Å². The van der Waals surface area contributed by atoms with Crippen LogP contribution in [0.1, 0.15) is 39.5 Å². The fourth-order valence-electron chi connectivity index (χ4n) is 1.98. The standard InChI is InChI=1S/C10H22N2/c1-3-9(4-2)12(8-7-11)10-5-6-10/h9-10H,3-8,11H2,1-2H3. The highest BCUT2D eigenvalue weighted by atomic mass is 15.2. The first-order chi connectivity index (χ1) is 5.83. The molecule has 0 aromatic carbocycles. The first-order valence-corrected chi connectivity index (χ1v) is 5.29. The van der Waals surface area contributed by atoms with Crippen molar-refractivity contribution in [1.82, 2.24) is 4.90 Å². The summed E-state index contributed by atoms with van der Waals surface area (Å²) in [7, 11) is 0. The number of hydrogen-bond donors (Lipinski definition) is 1. The van der Waals surface area contributed by atoms with Gasteiger partial charge in [0.15, 0.2) is 0 Å². The number of nitrogens with zero attached hydrogens (tertiary/aromatic N) is 1. The van der Waals surface area contributed by atoms with Gasteiger partial charge in [-0.2, -0.15) is 0 Å². The third-order valence-corrected chi connectivity index (χ3v) is 2.81. The summed E-state index contributed by atoms with van der Waals surface area (Å²) in [6.07, 6.45) is 5.34. The van der Waals surface area contributed by atoms with Gasteiger partial charge in [0.25, 0.3) is 0 Å². The monoisotopic (exact) mass is 170 g/mol. The second-order valence-corrected chi connectivity index (χ2v) is 3.73. The zero-order valence-electron chi connectivity index (χ0n) is 8.42. The highest BCUT2D eigenvalue weighted by Gasteiger charge is 2.31. The molecule has 12 heavy (non-hydrogen) atoms. The van der Waals surface area contributed by atoms with Gasteiger partial charge < -0.3 is 5.73 Å². The Morgan fingerprint density at radius 3 is 2.25 bits per heavy atom. The molecule has 1 aliphatic rings. The Bertz CT molecular complexity index is 117. The predicted molar refractivity (Wildman–Crippen MR) is 53.2 cm³/mol. The zero-order chi connectivity index (χ0) is 8.97. The molecule has 1 rings (SSSR count). The average molecular weight is 170 g/mol. The minimum atomic E-state index is 0.779. The van der Waals surface area contributed by atoms with Gasteiger partial charge in [0.2, 0.25) is 0 Å². The fraction of sp³-hybridized carbons (Fsp3) is 1.00. The highest BCUT2D eigenvalue weighted by Crippen LogP contribution is 2.29. The van der Waals surface area contributed by atoms with Crippen molar-refractivity contribution in [2.24, 2.45) is 5.73 Å². The van der Waals surface area contributed by atoms with E-state index >= 15 is 0 Å². The van der Waals surface area contributed by atoms with Crippen molar-refractivity contribution in [2.75, 3.05) is 13.1 Å². The second-order valence-electron chi connectivity index (χ2n) is 3.73. The fourth-order valence-corrected chi connectivity index (χ4v) is 1.98. The first kappa shape index (κ1) is 10.0. The lowest BCUT2D eigenvalue weighted by Crippen LogP contribution is -2.39. The van der Waals surface area contributed by atoms with Gasteiger partial charge in [-0.3, -0.25) is 4.90 Å². The lowest BCUT2D eigenvalue weighted by Gasteiger charge is -2.29. The van der Waals surface area contributed by atoms with Crippen molar-refractivity contribution in [3.63, 3.8) is 0 Å². The molecule has 0 atom stereocenters. The summed E-state index contributed by atoms with van der Waals surface area (Å²) >= 11 is 0. The molecule has 1 saturated carbocycles. The van der Waals surface area contributed by atoms with Crippen LogP contribution in [0, 0.1) is 0 Å². The predicted octanol–water partition coefficient (Wildman–Crippen LogP) is 1.60. The van der Waals surface area contributed by atoms with E-state index in [9.17, 15) is 0 Å². The van der Waals surface area contributed by atoms with Crippen LogP contribution in [-0.2, 0) is 0 Å². The van der Waals surface area contributed by atoms with Crippen molar-refractivity contribution in [3.8, 4) is 0 Å². The Kier molecular flexibility index (Phi) is 4.02. The molecular formula is C10H22N2. The minimum absolute atomic E-state index is 0.779. The lowest BCUT2D eigenvalue weighted by atomic mass is 10.1. The van der Waals surface area contributed by atoms with Crippen LogP contribution < -0.4 is 5.73 Å². The van der Waals surface area contributed by atoms with Crippen LogP contribution in [0.15, 0.2) is 0 Å². The average Bonchev–Trinajstić information content (AvgIpc) is 2.88. The summed E-state index contributed by atoms with van der Waals surface area (Å²) in [5, 5.41) is 0. The molecule has 1 aliphatic carbocycles. The topological polar surface area (TPSA) is 29.3 Å². The molecule has 0 spiro atoms. The maximum absolute atomic E-state index is 5.60. The number of nitrogens with two attached hydrogens (primary N) is 1. The van der Waals surface area contributed by atoms with Crippen LogP contribution in [0.4, 0.5) is 0 Å². The molecule has 0 bridgehead atoms. The van der Waals surface area contributed by atoms with Crippen LogP contribution in [0.3, 0.4) is 0 Å². The van der Waals surface area contributed by atoms with Crippen LogP contribution in [-0.4, -0.2) is 30.1 Å². The van der Waals surface area contributed by atoms with Gasteiger partial charge in [-0.15, -0.1) is 0 Å². The van der Waals surface area contributed by atoms with Crippen molar-refractivity contribution in [1.29, 1.82) is 0 Å². The third-order valence-electron chi connectivity index (χ3n) is 2.81. The highest BCUT2D eigenvalue weighted by molar-refractivity contribution is 4.88. The molecule has 0 radical (unpaired) electrons. The Morgan fingerprint density at radius 2 is 1.92 bits per heavy atom. The van der Waals surface area contributed by atoms with Gasteiger partial charge in [-0.25, -0.2) is 0 Å². The van der Waals surface area contributed by atoms with Crippen LogP contribution in [0.5, 0.6) is 0 Å². The summed E-state index contributed by atoms with van der Waals surface area (Å²) in [4.78, 5) is 2.61. The molecular weight excluding hydrogens is 148 g/mol. The van der Waals surface area contributed by atoms with E-state index in [1.54, 1.807) is 0 Å². The van der Waals surface area contributed by atoms with Crippen LogP contribution in [0.2, 0.25) is 0 Å². The first-order valence-electron chi connectivity index (χ1n) is 5.29. The van der Waals surface area contributed by atoms with E-state index in [1.807, 2.05) is 0 Å². The molecule has 0 amide bonds. The maximum Gasteiger partial charge on any atom is 0.0110 e. The summed E-state index contributed by atoms with van der Waals surface area (Å²) in [6, 6.07) is 1.65. The third kappa shape index (κ3) is 2.46. The smallest absolute Gasteiger partial charge is 0.0110 e. The summed E-state index contributed by atoms with van der Waals surface area (Å²) in [6.45, 7) is 6.46. The summed E-state index contributed by atoms with van der Waals surface area (Å²) in [5.74, 6) is 0. The molecule has 0 heterocycles. The number of rotatable bonds is 6. The van der Waals surface area contributed by atoms with E-state index in [1.165, 1.54) is 25.7 Å². The normalized spacial score (nSPS) is 17.8. The van der Waals surface area contributed by atoms with Crippen molar-refractivity contribution in [3.05, 3.63) is 0 Å². The van der Waals surface area contributed by atoms with Gasteiger partial charge in [0.05, 0.1) is 0 Å². The van der Waals surface area contributed by atoms with Gasteiger partial charge >= 0.3 is 0 Å². The molecule has 0 unspecified atom stereocenters. The molecule has 0 aromatic heterocycles. The van der Waals surface area contributed by atoms with Crippen LogP contribution in [0.25, 0.3) is 0 Å². The van der Waals surface area contributed by atoms with E-state index < -0.39 is 0 Å². The van der Waals surface area contributed by atoms with Crippen molar-refractivity contribution in [2.45, 2.75) is 51.6 Å². The molecule has 72 valence electrons. The van der Waals surface area contributed by atoms with Gasteiger partial charge in [-0.1, -0.05) is 13.8 Å². The molecule has 2 heteroatoms. The van der Waals surface area contributed by atoms with Crippen molar-refractivity contribution < 1.29 is 0 Å². The SMILES string of the molecule is CCC(CC)N(CCN)C1CC1. The van der Waals surface area contributed by atoms with E-state index in [-0.39, 0.29) is 0 Å². The second kappa shape index (κ2) is 4.83. The van der Waals surface area contributed by atoms with E-state index in [0.717, 1.165) is 25.2 Å². The minimum Gasteiger partial charge on any atom is -0.329 e. The van der Waals surface area contributed by atoms with Gasteiger partial charge in [-0.05, 0) is 25.7 Å². The molecule has 0 saturated heterocycles. The van der Waals surface area contributed by atoms with Gasteiger partial charge in [0.1, 0.15) is 0 Å². The lowest BCUT2D eigenvalue weighted by molar-refractivity contribution is 0.181. The maximum atomic E-state index is 5.60.